The van der Waals surface area contributed by atoms with Crippen LogP contribution < -0.4 is 10.1 Å². The van der Waals surface area contributed by atoms with Gasteiger partial charge in [0.2, 0.25) is 5.91 Å². The van der Waals surface area contributed by atoms with E-state index in [2.05, 4.69) is 15.5 Å². The molecule has 0 spiro atoms. The number of nitrogens with zero attached hydrogens (tertiary/aromatic N) is 3. The van der Waals surface area contributed by atoms with Gasteiger partial charge in [0.05, 0.1) is 7.11 Å². The number of ether oxygens (including phenoxy) is 1. The normalized spacial score (nSPS) is 19.8. The van der Waals surface area contributed by atoms with Crippen LogP contribution in [0.25, 0.3) is 11.0 Å². The Kier molecular flexibility index (Phi) is 3.09. The van der Waals surface area contributed by atoms with E-state index in [1.54, 1.807) is 19.2 Å². The zero-order valence-corrected chi connectivity index (χ0v) is 11.0. The van der Waals surface area contributed by atoms with Gasteiger partial charge in [0.25, 0.3) is 5.91 Å². The molecule has 7 heteroatoms. The summed E-state index contributed by atoms with van der Waals surface area (Å²) >= 11 is 0. The average molecular weight is 274 g/mol. The standard InChI is InChI=1S/C13H14N4O3/c1-20-10-6-2-4-8-12(10)16-17(15-8)9-5-3-7-11(18)14-13(9)19/h2,4,6,9H,3,5,7H2,1H3,(H,14,18,19). The van der Waals surface area contributed by atoms with Gasteiger partial charge in [0.1, 0.15) is 11.3 Å². The minimum absolute atomic E-state index is 0.244. The van der Waals surface area contributed by atoms with Gasteiger partial charge < -0.3 is 4.74 Å². The zero-order valence-electron chi connectivity index (χ0n) is 11.0. The summed E-state index contributed by atoms with van der Waals surface area (Å²) in [5, 5.41) is 11.0. The summed E-state index contributed by atoms with van der Waals surface area (Å²) < 4.78 is 5.23. The second kappa shape index (κ2) is 4.92. The number of hydrogen-bond acceptors (Lipinski definition) is 5. The van der Waals surface area contributed by atoms with Crippen LogP contribution in [0.3, 0.4) is 0 Å². The van der Waals surface area contributed by atoms with E-state index < -0.39 is 6.04 Å². The van der Waals surface area contributed by atoms with Crippen LogP contribution in [0.2, 0.25) is 0 Å². The summed E-state index contributed by atoms with van der Waals surface area (Å²) in [5.41, 5.74) is 1.27. The van der Waals surface area contributed by atoms with Crippen molar-refractivity contribution < 1.29 is 14.3 Å². The van der Waals surface area contributed by atoms with Crippen molar-refractivity contribution in [2.45, 2.75) is 25.3 Å². The number of benzene rings is 1. The lowest BCUT2D eigenvalue weighted by Gasteiger charge is -2.10. The molecule has 104 valence electrons. The number of carbonyl (C=O) groups excluding carboxylic acids is 2. The first-order valence-corrected chi connectivity index (χ1v) is 6.42. The van der Waals surface area contributed by atoms with Crippen molar-refractivity contribution in [2.75, 3.05) is 7.11 Å². The summed E-state index contributed by atoms with van der Waals surface area (Å²) in [4.78, 5) is 24.7. The van der Waals surface area contributed by atoms with Gasteiger partial charge in [-0.3, -0.25) is 14.9 Å². The van der Waals surface area contributed by atoms with E-state index in [1.165, 1.54) is 4.80 Å². The van der Waals surface area contributed by atoms with E-state index in [4.69, 9.17) is 4.74 Å². The molecule has 7 nitrogen and oxygen atoms in total. The number of methoxy groups -OCH3 is 1. The second-order valence-electron chi connectivity index (χ2n) is 4.67. The van der Waals surface area contributed by atoms with Crippen molar-refractivity contribution in [3.8, 4) is 5.75 Å². The monoisotopic (exact) mass is 274 g/mol. The number of rotatable bonds is 2. The third-order valence-corrected chi connectivity index (χ3v) is 3.34. The molecule has 2 aromatic rings. The molecule has 1 aromatic carbocycles. The first-order valence-electron chi connectivity index (χ1n) is 6.42. The minimum Gasteiger partial charge on any atom is -0.494 e. The van der Waals surface area contributed by atoms with Gasteiger partial charge in [-0.05, 0) is 25.0 Å². The Morgan fingerprint density at radius 2 is 2.20 bits per heavy atom. The van der Waals surface area contributed by atoms with Crippen molar-refractivity contribution in [3.63, 3.8) is 0 Å². The van der Waals surface area contributed by atoms with Crippen LogP contribution in [-0.2, 0) is 9.59 Å². The topological polar surface area (TPSA) is 86.1 Å². The Balaban J connectivity index is 2.01. The summed E-state index contributed by atoms with van der Waals surface area (Å²) in [6.07, 6.45) is 1.53. The number of fused-ring (bicyclic) bond motifs is 1. The van der Waals surface area contributed by atoms with Crippen LogP contribution in [0, 0.1) is 0 Å². The van der Waals surface area contributed by atoms with E-state index in [-0.39, 0.29) is 11.8 Å². The smallest absolute Gasteiger partial charge is 0.253 e. The van der Waals surface area contributed by atoms with E-state index in [1.807, 2.05) is 6.07 Å². The maximum atomic E-state index is 12.0. The lowest BCUT2D eigenvalue weighted by Crippen LogP contribution is -2.34. The average Bonchev–Trinajstić information content (AvgIpc) is 2.78. The highest BCUT2D eigenvalue weighted by atomic mass is 16.5. The molecule has 1 unspecified atom stereocenters. The molecule has 2 amide bonds. The van der Waals surface area contributed by atoms with Crippen LogP contribution in [-0.4, -0.2) is 33.9 Å². The maximum absolute atomic E-state index is 12.0. The molecular formula is C13H14N4O3. The fourth-order valence-corrected chi connectivity index (χ4v) is 2.32. The fraction of sp³-hybridized carbons (Fsp3) is 0.385. The number of amides is 2. The molecule has 1 atom stereocenters. The lowest BCUT2D eigenvalue weighted by molar-refractivity contribution is -0.131. The van der Waals surface area contributed by atoms with Crippen molar-refractivity contribution in [1.82, 2.24) is 20.3 Å². The third-order valence-electron chi connectivity index (χ3n) is 3.34. The quantitative estimate of drug-likeness (QED) is 0.819. The Hall–Kier alpha value is -2.44. The Morgan fingerprint density at radius 1 is 1.35 bits per heavy atom. The number of hydrogen-bond donors (Lipinski definition) is 1. The molecule has 1 N–H and O–H groups in total. The Labute approximate surface area is 114 Å². The number of carbonyl (C=O) groups is 2. The highest BCUT2D eigenvalue weighted by molar-refractivity contribution is 5.97. The number of aromatic nitrogens is 3. The van der Waals surface area contributed by atoms with Crippen LogP contribution in [0.4, 0.5) is 0 Å². The van der Waals surface area contributed by atoms with Gasteiger partial charge in [0.15, 0.2) is 11.6 Å². The molecular weight excluding hydrogens is 260 g/mol. The summed E-state index contributed by atoms with van der Waals surface area (Å²) in [6.45, 7) is 0. The molecule has 20 heavy (non-hydrogen) atoms. The van der Waals surface area contributed by atoms with E-state index >= 15 is 0 Å². The summed E-state index contributed by atoms with van der Waals surface area (Å²) in [6, 6.07) is 4.86. The molecule has 0 aliphatic carbocycles. The highest BCUT2D eigenvalue weighted by Crippen LogP contribution is 2.24. The van der Waals surface area contributed by atoms with Gasteiger partial charge >= 0.3 is 0 Å². The SMILES string of the molecule is COc1cccc2nn(C3CCCC(=O)NC3=O)nc12. The van der Waals surface area contributed by atoms with Gasteiger partial charge in [-0.15, -0.1) is 5.10 Å². The van der Waals surface area contributed by atoms with Crippen LogP contribution in [0.5, 0.6) is 5.75 Å². The van der Waals surface area contributed by atoms with Gasteiger partial charge in [-0.1, -0.05) is 6.07 Å². The third kappa shape index (κ3) is 2.11. The first-order chi connectivity index (χ1) is 9.69. The first kappa shape index (κ1) is 12.6. The summed E-state index contributed by atoms with van der Waals surface area (Å²) in [7, 11) is 1.56. The second-order valence-corrected chi connectivity index (χ2v) is 4.67. The predicted molar refractivity (Wildman–Crippen MR) is 70.1 cm³/mol. The van der Waals surface area contributed by atoms with E-state index in [0.717, 1.165) is 0 Å². The molecule has 0 radical (unpaired) electrons. The molecule has 1 saturated heterocycles. The van der Waals surface area contributed by atoms with Crippen molar-refractivity contribution in [2.24, 2.45) is 0 Å². The fourth-order valence-electron chi connectivity index (χ4n) is 2.32. The molecule has 0 saturated carbocycles. The van der Waals surface area contributed by atoms with Crippen LogP contribution >= 0.6 is 0 Å². The summed E-state index contributed by atoms with van der Waals surface area (Å²) in [5.74, 6) is 0.0115. The highest BCUT2D eigenvalue weighted by Gasteiger charge is 2.28. The predicted octanol–water partition coefficient (Wildman–Crippen LogP) is 0.808. The van der Waals surface area contributed by atoms with Crippen molar-refractivity contribution in [1.29, 1.82) is 0 Å². The van der Waals surface area contributed by atoms with Crippen LogP contribution in [0.1, 0.15) is 25.3 Å². The van der Waals surface area contributed by atoms with Gasteiger partial charge in [-0.25, -0.2) is 0 Å². The molecule has 1 aliphatic heterocycles. The van der Waals surface area contributed by atoms with Crippen molar-refractivity contribution in [3.05, 3.63) is 18.2 Å². The molecule has 3 rings (SSSR count). The molecule has 1 fully saturated rings. The maximum Gasteiger partial charge on any atom is 0.253 e. The molecule has 0 bridgehead atoms. The molecule has 2 heterocycles. The van der Waals surface area contributed by atoms with E-state index in [0.29, 0.717) is 36.0 Å². The largest absolute Gasteiger partial charge is 0.494 e. The zero-order chi connectivity index (χ0) is 14.1. The lowest BCUT2D eigenvalue weighted by atomic mass is 10.1. The number of imide groups is 1. The van der Waals surface area contributed by atoms with E-state index in [9.17, 15) is 9.59 Å². The van der Waals surface area contributed by atoms with Gasteiger partial charge in [-0.2, -0.15) is 9.90 Å². The van der Waals surface area contributed by atoms with Crippen molar-refractivity contribution >= 4 is 22.8 Å². The number of nitrogens with one attached hydrogen (secondary N) is 1. The molecule has 1 aliphatic rings. The van der Waals surface area contributed by atoms with Gasteiger partial charge in [0, 0.05) is 6.42 Å². The molecule has 1 aromatic heterocycles. The van der Waals surface area contributed by atoms with Crippen LogP contribution in [0.15, 0.2) is 18.2 Å². The Bertz CT molecular complexity index is 679. The Morgan fingerprint density at radius 3 is 3.00 bits per heavy atom. The minimum atomic E-state index is -0.557.